The number of rotatable bonds is 6. The van der Waals surface area contributed by atoms with Crippen molar-refractivity contribution in [1.82, 2.24) is 4.98 Å². The zero-order valence-corrected chi connectivity index (χ0v) is 16.3. The van der Waals surface area contributed by atoms with Gasteiger partial charge in [-0.1, -0.05) is 39.7 Å². The maximum atomic E-state index is 12.5. The molecule has 136 valence electrons. The van der Waals surface area contributed by atoms with Crippen LogP contribution in [0.5, 0.6) is 5.75 Å². The number of amides is 1. The molecular weight excluding hydrogens is 432 g/mol. The zero-order valence-electron chi connectivity index (χ0n) is 14.0. The Hall–Kier alpha value is -2.70. The fourth-order valence-corrected chi connectivity index (χ4v) is 2.88. The minimum atomic E-state index is -0.326. The lowest BCUT2D eigenvalue weighted by Crippen LogP contribution is -2.20. The van der Waals surface area contributed by atoms with Crippen LogP contribution in [0.3, 0.4) is 0 Å². The highest BCUT2D eigenvalue weighted by Crippen LogP contribution is 2.21. The minimum absolute atomic E-state index is 0.0954. The van der Waals surface area contributed by atoms with Crippen LogP contribution in [0, 0.1) is 0 Å². The summed E-state index contributed by atoms with van der Waals surface area (Å²) in [7, 11) is 0. The van der Waals surface area contributed by atoms with Crippen molar-refractivity contribution in [2.75, 3.05) is 11.9 Å². The van der Waals surface area contributed by atoms with Crippen molar-refractivity contribution in [3.8, 4) is 5.75 Å². The van der Waals surface area contributed by atoms with Gasteiger partial charge in [0.05, 0.1) is 11.9 Å². The Morgan fingerprint density at radius 3 is 2.44 bits per heavy atom. The van der Waals surface area contributed by atoms with Crippen LogP contribution < -0.4 is 10.1 Å². The first-order valence-electron chi connectivity index (χ1n) is 7.96. The summed E-state index contributed by atoms with van der Waals surface area (Å²) >= 11 is 9.08. The second-order valence-corrected chi connectivity index (χ2v) is 6.78. The van der Waals surface area contributed by atoms with Crippen molar-refractivity contribution in [2.24, 2.45) is 0 Å². The van der Waals surface area contributed by atoms with Crippen molar-refractivity contribution in [3.05, 3.63) is 87.6 Å². The molecule has 3 rings (SSSR count). The highest BCUT2D eigenvalue weighted by molar-refractivity contribution is 9.10. The van der Waals surface area contributed by atoms with Gasteiger partial charge in [-0.25, -0.2) is 4.98 Å². The molecule has 2 aromatic carbocycles. The Labute approximate surface area is 169 Å². The summed E-state index contributed by atoms with van der Waals surface area (Å²) in [5.74, 6) is 0.0672. The molecule has 0 atom stereocenters. The number of pyridine rings is 1. The van der Waals surface area contributed by atoms with Gasteiger partial charge >= 0.3 is 0 Å². The first kappa shape index (κ1) is 19.1. The third-order valence-corrected chi connectivity index (χ3v) is 4.53. The van der Waals surface area contributed by atoms with E-state index in [-0.39, 0.29) is 18.3 Å². The molecule has 5 nitrogen and oxygen atoms in total. The van der Waals surface area contributed by atoms with Gasteiger partial charge in [-0.3, -0.25) is 9.59 Å². The van der Waals surface area contributed by atoms with Crippen LogP contribution in [-0.2, 0) is 4.79 Å². The van der Waals surface area contributed by atoms with Gasteiger partial charge in [0.25, 0.3) is 5.91 Å². The second kappa shape index (κ2) is 8.79. The van der Waals surface area contributed by atoms with Gasteiger partial charge < -0.3 is 10.1 Å². The van der Waals surface area contributed by atoms with Crippen LogP contribution >= 0.6 is 27.5 Å². The fraction of sp³-hybridized carbons (Fsp3) is 0.0500. The van der Waals surface area contributed by atoms with Crippen LogP contribution in [0.15, 0.2) is 71.3 Å². The van der Waals surface area contributed by atoms with Crippen LogP contribution in [0.1, 0.15) is 15.9 Å². The molecule has 0 bridgehead atoms. The summed E-state index contributed by atoms with van der Waals surface area (Å²) < 4.78 is 6.19. The van der Waals surface area contributed by atoms with E-state index in [2.05, 4.69) is 26.2 Å². The quantitative estimate of drug-likeness (QED) is 0.439. The average molecular weight is 446 g/mol. The molecule has 27 heavy (non-hydrogen) atoms. The number of ether oxygens (including phenoxy) is 1. The largest absolute Gasteiger partial charge is 0.484 e. The number of carbonyl (C=O) groups excluding carboxylic acids is 2. The van der Waals surface area contributed by atoms with E-state index >= 15 is 0 Å². The van der Waals surface area contributed by atoms with Gasteiger partial charge in [-0.15, -0.1) is 0 Å². The number of benzene rings is 2. The standard InChI is InChI=1S/C20H14BrClN2O3/c21-17-4-2-1-3-16(17)20(26)13-5-8-15(9-6-13)27-12-19(25)24-14-7-10-18(22)23-11-14/h1-11H,12H2,(H,24,25). The van der Waals surface area contributed by atoms with Gasteiger partial charge in [0.2, 0.25) is 0 Å². The normalized spacial score (nSPS) is 10.3. The molecule has 3 aromatic rings. The maximum Gasteiger partial charge on any atom is 0.262 e. The molecule has 1 heterocycles. The number of nitrogens with zero attached hydrogens (tertiary/aromatic N) is 1. The second-order valence-electron chi connectivity index (χ2n) is 5.54. The van der Waals surface area contributed by atoms with Crippen LogP contribution in [0.2, 0.25) is 5.15 Å². The van der Waals surface area contributed by atoms with Gasteiger partial charge in [-0.05, 0) is 48.5 Å². The molecule has 0 aliphatic carbocycles. The topological polar surface area (TPSA) is 68.3 Å². The number of aromatic nitrogens is 1. The van der Waals surface area contributed by atoms with Crippen molar-refractivity contribution >= 4 is 44.9 Å². The average Bonchev–Trinajstić information content (AvgIpc) is 2.68. The number of nitrogens with one attached hydrogen (secondary N) is 1. The molecule has 0 unspecified atom stereocenters. The van der Waals surface area contributed by atoms with Crippen LogP contribution in [0.25, 0.3) is 0 Å². The van der Waals surface area contributed by atoms with Crippen molar-refractivity contribution in [3.63, 3.8) is 0 Å². The zero-order chi connectivity index (χ0) is 19.2. The monoisotopic (exact) mass is 444 g/mol. The van der Waals surface area contributed by atoms with E-state index in [0.717, 1.165) is 4.47 Å². The molecule has 0 saturated heterocycles. The molecule has 0 fully saturated rings. The molecule has 0 aliphatic rings. The molecule has 1 aromatic heterocycles. The maximum absolute atomic E-state index is 12.5. The molecule has 0 radical (unpaired) electrons. The lowest BCUT2D eigenvalue weighted by atomic mass is 10.0. The summed E-state index contributed by atoms with van der Waals surface area (Å²) in [6.45, 7) is -0.167. The van der Waals surface area contributed by atoms with E-state index in [1.807, 2.05) is 18.2 Å². The van der Waals surface area contributed by atoms with E-state index in [0.29, 0.717) is 27.7 Å². The van der Waals surface area contributed by atoms with Gasteiger partial charge in [0.1, 0.15) is 10.9 Å². The van der Waals surface area contributed by atoms with Gasteiger partial charge in [0.15, 0.2) is 12.4 Å². The van der Waals surface area contributed by atoms with Crippen molar-refractivity contribution < 1.29 is 14.3 Å². The van der Waals surface area contributed by atoms with Crippen molar-refractivity contribution in [2.45, 2.75) is 0 Å². The highest BCUT2D eigenvalue weighted by Gasteiger charge is 2.12. The number of hydrogen-bond donors (Lipinski definition) is 1. The first-order valence-corrected chi connectivity index (χ1v) is 9.13. The molecule has 1 N–H and O–H groups in total. The number of hydrogen-bond acceptors (Lipinski definition) is 4. The van der Waals surface area contributed by atoms with E-state index < -0.39 is 0 Å². The third-order valence-electron chi connectivity index (χ3n) is 3.62. The molecule has 7 heteroatoms. The SMILES string of the molecule is O=C(COc1ccc(C(=O)c2ccccc2Br)cc1)Nc1ccc(Cl)nc1. The Bertz CT molecular complexity index is 960. The molecule has 0 aliphatic heterocycles. The Morgan fingerprint density at radius 1 is 1.04 bits per heavy atom. The van der Waals surface area contributed by atoms with E-state index in [1.165, 1.54) is 6.20 Å². The number of ketones is 1. The van der Waals surface area contributed by atoms with E-state index in [4.69, 9.17) is 16.3 Å². The van der Waals surface area contributed by atoms with Crippen molar-refractivity contribution in [1.29, 1.82) is 0 Å². The van der Waals surface area contributed by atoms with Crippen LogP contribution in [0.4, 0.5) is 5.69 Å². The highest BCUT2D eigenvalue weighted by atomic mass is 79.9. The number of anilines is 1. The Kier molecular flexibility index (Phi) is 6.21. The number of halogens is 2. The lowest BCUT2D eigenvalue weighted by molar-refractivity contribution is -0.118. The van der Waals surface area contributed by atoms with E-state index in [9.17, 15) is 9.59 Å². The molecule has 0 saturated carbocycles. The summed E-state index contributed by atoms with van der Waals surface area (Å²) in [5.41, 5.74) is 1.65. The predicted octanol–water partition coefficient (Wildman–Crippen LogP) is 4.75. The van der Waals surface area contributed by atoms with Gasteiger partial charge in [0, 0.05) is 15.6 Å². The summed E-state index contributed by atoms with van der Waals surface area (Å²) in [4.78, 5) is 28.3. The third kappa shape index (κ3) is 5.15. The van der Waals surface area contributed by atoms with Gasteiger partial charge in [-0.2, -0.15) is 0 Å². The molecular formula is C20H14BrClN2O3. The van der Waals surface area contributed by atoms with E-state index in [1.54, 1.807) is 42.5 Å². The summed E-state index contributed by atoms with van der Waals surface area (Å²) in [6, 6.07) is 17.1. The first-order chi connectivity index (χ1) is 13.0. The molecule has 0 spiro atoms. The molecule has 1 amide bonds. The smallest absolute Gasteiger partial charge is 0.262 e. The predicted molar refractivity (Wildman–Crippen MR) is 107 cm³/mol. The number of carbonyl (C=O) groups is 2. The Morgan fingerprint density at radius 2 is 1.78 bits per heavy atom. The minimum Gasteiger partial charge on any atom is -0.484 e. The summed E-state index contributed by atoms with van der Waals surface area (Å²) in [5, 5.41) is 3.00. The summed E-state index contributed by atoms with van der Waals surface area (Å²) in [6.07, 6.45) is 1.46. The Balaban J connectivity index is 1.57. The van der Waals surface area contributed by atoms with Crippen LogP contribution in [-0.4, -0.2) is 23.3 Å². The fourth-order valence-electron chi connectivity index (χ4n) is 2.30. The lowest BCUT2D eigenvalue weighted by Gasteiger charge is -2.08.